The summed E-state index contributed by atoms with van der Waals surface area (Å²) in [5, 5.41) is 63.5. The molecule has 1 aromatic carbocycles. The molecule has 0 aromatic heterocycles. The maximum Gasteiger partial charge on any atom is 0.328 e. The number of aliphatic imine (C=N–C) groups is 1. The van der Waals surface area contributed by atoms with Gasteiger partial charge in [-0.1, -0.05) is 12.1 Å². The summed E-state index contributed by atoms with van der Waals surface area (Å²) in [6, 6.07) is 2.40. The molecule has 3 aliphatic rings. The van der Waals surface area contributed by atoms with Gasteiger partial charge in [-0.15, -0.1) is 0 Å². The van der Waals surface area contributed by atoms with Crippen LogP contribution in [0.5, 0.6) is 5.75 Å². The highest BCUT2D eigenvalue weighted by atomic mass is 16.4. The van der Waals surface area contributed by atoms with Crippen molar-refractivity contribution in [1.82, 2.24) is 4.90 Å². The van der Waals surface area contributed by atoms with Gasteiger partial charge in [0.15, 0.2) is 11.4 Å². The van der Waals surface area contributed by atoms with Crippen LogP contribution in [0, 0.1) is 11.8 Å². The Bertz CT molecular complexity index is 1420. The van der Waals surface area contributed by atoms with E-state index in [0.29, 0.717) is 13.0 Å². The number of rotatable bonds is 8. The quantitative estimate of drug-likeness (QED) is 0.112. The number of phenols is 1. The van der Waals surface area contributed by atoms with Gasteiger partial charge in [0.05, 0.1) is 17.2 Å². The molecule has 1 amide bonds. The number of hydrogen-bond donors (Lipinski definition) is 8. The Morgan fingerprint density at radius 1 is 1.16 bits per heavy atom. The fourth-order valence-corrected chi connectivity index (χ4v) is 6.28. The molecule has 234 valence electrons. The van der Waals surface area contributed by atoms with Crippen LogP contribution in [0.15, 0.2) is 45.9 Å². The second-order valence-corrected chi connectivity index (χ2v) is 11.3. The molecule has 0 saturated heterocycles. The van der Waals surface area contributed by atoms with Gasteiger partial charge >= 0.3 is 5.97 Å². The maximum absolute atomic E-state index is 13.3. The minimum atomic E-state index is -2.75. The van der Waals surface area contributed by atoms with E-state index in [2.05, 4.69) is 11.7 Å². The van der Waals surface area contributed by atoms with Gasteiger partial charge < -0.3 is 42.1 Å². The number of unbranched alkanes of at least 4 members (excludes halogenated alkanes) is 1. The van der Waals surface area contributed by atoms with Crippen molar-refractivity contribution in [1.29, 1.82) is 0 Å². The number of amides is 1. The average molecular weight is 603 g/mol. The molecule has 43 heavy (non-hydrogen) atoms. The lowest BCUT2D eigenvalue weighted by molar-refractivity contribution is -0.152. The highest BCUT2D eigenvalue weighted by molar-refractivity contribution is 6.24. The van der Waals surface area contributed by atoms with E-state index < -0.39 is 87.0 Å². The number of phenolic OH excluding ortho intramolecular Hbond substituents is 1. The number of hydrogen-bond acceptors (Lipinski definition) is 12. The van der Waals surface area contributed by atoms with Gasteiger partial charge in [-0.2, -0.15) is 0 Å². The molecule has 6 atom stereocenters. The van der Waals surface area contributed by atoms with Crippen LogP contribution in [-0.2, 0) is 20.0 Å². The van der Waals surface area contributed by atoms with Crippen molar-refractivity contribution in [3.63, 3.8) is 0 Å². The lowest BCUT2D eigenvalue weighted by Gasteiger charge is -2.52. The number of benzene rings is 1. The number of carboxylic acid groups (broad SMARTS) is 1. The summed E-state index contributed by atoms with van der Waals surface area (Å²) in [5.74, 6) is -8.80. The van der Waals surface area contributed by atoms with Crippen LogP contribution in [0.2, 0.25) is 0 Å². The molecule has 0 saturated carbocycles. The standard InChI is InChI=1S/C22H24N2O8.C7H14N2O2/c1-21(31)8-5-4-6-11(25)12(8)16(26)13-9(21)7-10-15(24(2)3)17(27)14(20(23)30)19(29)22(10,32)18(13)28;1-9-6(7(10)11)4-2-3-5-8/h4-6,9-10,15,25,27-28,31-32H,7H2,1-3H3,(H2,23,30);6H,1-5,8H2,(H,10,11)/t9-,10-,15-,21+,22-;/m0./s1. The molecule has 3 aliphatic carbocycles. The van der Waals surface area contributed by atoms with Crippen LogP contribution in [0.4, 0.5) is 0 Å². The number of aliphatic hydroxyl groups is 4. The molecule has 0 fully saturated rings. The fraction of sp³-hybridized carbons (Fsp3) is 0.483. The lowest BCUT2D eigenvalue weighted by atomic mass is 9.55. The number of carboxylic acids is 1. The second-order valence-electron chi connectivity index (χ2n) is 11.3. The number of nitrogens with two attached hydrogens (primary N) is 2. The monoisotopic (exact) mass is 602 g/mol. The van der Waals surface area contributed by atoms with Gasteiger partial charge in [0.1, 0.15) is 28.9 Å². The van der Waals surface area contributed by atoms with Crippen molar-refractivity contribution >= 4 is 30.2 Å². The normalized spacial score (nSPS) is 28.8. The summed E-state index contributed by atoms with van der Waals surface area (Å²) in [5.41, 5.74) is 4.58. The first-order valence-electron chi connectivity index (χ1n) is 13.6. The Kier molecular flexibility index (Phi) is 9.51. The Morgan fingerprint density at radius 3 is 2.30 bits per heavy atom. The third kappa shape index (κ3) is 5.42. The second kappa shape index (κ2) is 12.2. The number of likely N-dealkylation sites (N-methyl/N-ethyl adjacent to an activating group) is 1. The van der Waals surface area contributed by atoms with Gasteiger partial charge in [0.2, 0.25) is 5.78 Å². The summed E-state index contributed by atoms with van der Waals surface area (Å²) in [6.07, 6.45) is 1.98. The zero-order chi connectivity index (χ0) is 32.6. The predicted octanol–water partition coefficient (Wildman–Crippen LogP) is 0.0548. The van der Waals surface area contributed by atoms with Crippen molar-refractivity contribution in [2.75, 3.05) is 20.6 Å². The van der Waals surface area contributed by atoms with Crippen LogP contribution < -0.4 is 11.5 Å². The third-order valence-electron chi connectivity index (χ3n) is 8.46. The molecule has 0 spiro atoms. The molecule has 14 heteroatoms. The van der Waals surface area contributed by atoms with Crippen molar-refractivity contribution in [2.24, 2.45) is 28.3 Å². The predicted molar refractivity (Wildman–Crippen MR) is 153 cm³/mol. The number of aromatic hydroxyl groups is 1. The number of carbonyl (C=O) groups excluding carboxylic acids is 3. The molecule has 1 unspecified atom stereocenters. The van der Waals surface area contributed by atoms with Crippen molar-refractivity contribution < 1.29 is 49.8 Å². The van der Waals surface area contributed by atoms with Gasteiger partial charge in [-0.05, 0) is 71.6 Å². The molecule has 0 bridgehead atoms. The van der Waals surface area contributed by atoms with Crippen molar-refractivity contribution in [3.05, 3.63) is 52.0 Å². The number of fused-ring (bicyclic) bond motifs is 3. The van der Waals surface area contributed by atoms with E-state index in [4.69, 9.17) is 16.6 Å². The molecule has 14 nitrogen and oxygen atoms in total. The molecule has 1 aromatic rings. The Hall–Kier alpha value is -4.11. The van der Waals surface area contributed by atoms with E-state index in [1.807, 2.05) is 0 Å². The smallest absolute Gasteiger partial charge is 0.328 e. The molecule has 4 rings (SSSR count). The Labute approximate surface area is 247 Å². The van der Waals surface area contributed by atoms with Crippen LogP contribution in [0.1, 0.15) is 48.5 Å². The molecule has 0 heterocycles. The third-order valence-corrected chi connectivity index (χ3v) is 8.46. The minimum Gasteiger partial charge on any atom is -0.510 e. The number of primary amides is 1. The molecular weight excluding hydrogens is 564 g/mol. The number of aliphatic carboxylic acids is 1. The fourth-order valence-electron chi connectivity index (χ4n) is 6.28. The molecule has 0 aliphatic heterocycles. The molecule has 10 N–H and O–H groups in total. The SMILES string of the molecule is C=NC(CCCCN)C(=O)O.CN(C)[C@@H]1C(O)=C(C(N)=O)C(=O)[C@@]2(O)C(O)=C3C(=O)c4c(O)cccc4[C@@](C)(O)[C@H]3C[C@@H]12. The minimum absolute atomic E-state index is 0.135. The zero-order valence-electron chi connectivity index (χ0n) is 24.1. The van der Waals surface area contributed by atoms with Crippen molar-refractivity contribution in [2.45, 2.75) is 55.9 Å². The molecular formula is C29H38N4O10. The molecule has 0 radical (unpaired) electrons. The average Bonchev–Trinajstić information content (AvgIpc) is 2.91. The van der Waals surface area contributed by atoms with Crippen LogP contribution in [0.25, 0.3) is 0 Å². The number of aliphatic hydroxyl groups excluding tert-OH is 2. The summed E-state index contributed by atoms with van der Waals surface area (Å²) in [4.78, 5) is 53.7. The summed E-state index contributed by atoms with van der Waals surface area (Å²) in [7, 11) is 3.06. The Morgan fingerprint density at radius 2 is 1.79 bits per heavy atom. The Balaban J connectivity index is 0.000000393. The van der Waals surface area contributed by atoms with Crippen LogP contribution in [0.3, 0.4) is 0 Å². The first-order chi connectivity index (χ1) is 20.0. The van der Waals surface area contributed by atoms with Gasteiger partial charge in [0.25, 0.3) is 5.91 Å². The maximum atomic E-state index is 13.3. The largest absolute Gasteiger partial charge is 0.510 e. The first kappa shape index (κ1) is 33.4. The van der Waals surface area contributed by atoms with E-state index in [1.165, 1.54) is 44.1 Å². The highest BCUT2D eigenvalue weighted by Crippen LogP contribution is 2.56. The van der Waals surface area contributed by atoms with Gasteiger partial charge in [-0.25, -0.2) is 4.79 Å². The summed E-state index contributed by atoms with van der Waals surface area (Å²) >= 11 is 0. The highest BCUT2D eigenvalue weighted by Gasteiger charge is 2.65. The van der Waals surface area contributed by atoms with E-state index in [-0.39, 0.29) is 17.5 Å². The van der Waals surface area contributed by atoms with E-state index in [9.17, 15) is 44.7 Å². The van der Waals surface area contributed by atoms with Crippen molar-refractivity contribution in [3.8, 4) is 5.75 Å². The topological polar surface area (TPSA) is 257 Å². The number of ketones is 2. The number of Topliss-reactive ketones (excluding diaryl/α,β-unsaturated/α-hetero) is 2. The van der Waals surface area contributed by atoms with E-state index >= 15 is 0 Å². The first-order valence-corrected chi connectivity index (χ1v) is 13.6. The van der Waals surface area contributed by atoms with Gasteiger partial charge in [0, 0.05) is 17.4 Å². The summed E-state index contributed by atoms with van der Waals surface area (Å²) < 4.78 is 0. The van der Waals surface area contributed by atoms with E-state index in [0.717, 1.165) is 12.8 Å². The van der Waals surface area contributed by atoms with Gasteiger partial charge in [-0.3, -0.25) is 24.3 Å². The van der Waals surface area contributed by atoms with Crippen LogP contribution in [-0.4, -0.2) is 104 Å². The van der Waals surface area contributed by atoms with E-state index in [1.54, 1.807) is 0 Å². The van der Waals surface area contributed by atoms with Crippen LogP contribution >= 0.6 is 0 Å². The number of nitrogens with zero attached hydrogens (tertiary/aromatic N) is 2. The zero-order valence-corrected chi connectivity index (χ0v) is 24.1. The summed E-state index contributed by atoms with van der Waals surface area (Å²) in [6.45, 7) is 5.20. The number of carbonyl (C=O) groups is 4. The lowest BCUT2D eigenvalue weighted by Crippen LogP contribution is -2.65.